The summed E-state index contributed by atoms with van der Waals surface area (Å²) in [5.41, 5.74) is 0.260. The van der Waals surface area contributed by atoms with Crippen LogP contribution in [0.5, 0.6) is 0 Å². The van der Waals surface area contributed by atoms with Crippen molar-refractivity contribution in [1.29, 1.82) is 0 Å². The van der Waals surface area contributed by atoms with Gasteiger partial charge in [-0.05, 0) is 31.1 Å². The van der Waals surface area contributed by atoms with E-state index in [1.807, 2.05) is 0 Å². The fourth-order valence-corrected chi connectivity index (χ4v) is 1.66. The Balaban J connectivity index is 2.03. The summed E-state index contributed by atoms with van der Waals surface area (Å²) in [4.78, 5) is 0. The highest BCUT2D eigenvalue weighted by Crippen LogP contribution is 2.50. The summed E-state index contributed by atoms with van der Waals surface area (Å²) in [6.07, 6.45) is 1.70. The summed E-state index contributed by atoms with van der Waals surface area (Å²) in [7, 11) is 0. The summed E-state index contributed by atoms with van der Waals surface area (Å²) in [6.45, 7) is 0. The molecule has 0 aliphatic heterocycles. The Morgan fingerprint density at radius 1 is 1.36 bits per heavy atom. The quantitative estimate of drug-likeness (QED) is 0.572. The van der Waals surface area contributed by atoms with E-state index in [0.29, 0.717) is 12.3 Å². The van der Waals surface area contributed by atoms with Crippen molar-refractivity contribution in [3.8, 4) is 0 Å². The molecular formula is C8H13ClF2. The van der Waals surface area contributed by atoms with Crippen LogP contribution >= 0.6 is 11.6 Å². The molecule has 1 aliphatic rings. The monoisotopic (exact) mass is 182 g/mol. The second-order valence-electron chi connectivity index (χ2n) is 3.42. The molecule has 0 aromatic rings. The molecular weight excluding hydrogens is 170 g/mol. The lowest BCUT2D eigenvalue weighted by atomic mass is 10.0. The third-order valence-electron chi connectivity index (χ3n) is 2.37. The highest BCUT2D eigenvalue weighted by molar-refractivity contribution is 6.18. The van der Waals surface area contributed by atoms with Crippen LogP contribution in [-0.4, -0.2) is 12.3 Å². The molecule has 0 bridgehead atoms. The normalized spacial score (nSPS) is 20.7. The Hall–Kier alpha value is 0.150. The molecule has 1 saturated carbocycles. The Morgan fingerprint density at radius 2 is 2.00 bits per heavy atom. The Bertz CT molecular complexity index is 121. The Labute approximate surface area is 70.9 Å². The summed E-state index contributed by atoms with van der Waals surface area (Å²) in [5.74, 6) is 0.649. The molecule has 11 heavy (non-hydrogen) atoms. The predicted octanol–water partition coefficient (Wildman–Crippen LogP) is 3.44. The van der Waals surface area contributed by atoms with Gasteiger partial charge in [-0.15, -0.1) is 11.6 Å². The van der Waals surface area contributed by atoms with Crippen molar-refractivity contribution in [3.05, 3.63) is 0 Å². The Morgan fingerprint density at radius 3 is 2.36 bits per heavy atom. The maximum atomic E-state index is 11.7. The van der Waals surface area contributed by atoms with E-state index >= 15 is 0 Å². The molecule has 1 rings (SSSR count). The van der Waals surface area contributed by atoms with Crippen LogP contribution in [0, 0.1) is 5.41 Å². The number of alkyl halides is 3. The fraction of sp³-hybridized carbons (Fsp3) is 1.00. The van der Waals surface area contributed by atoms with Gasteiger partial charge < -0.3 is 0 Å². The predicted molar refractivity (Wildman–Crippen MR) is 42.2 cm³/mol. The van der Waals surface area contributed by atoms with Gasteiger partial charge in [0.15, 0.2) is 0 Å². The molecule has 66 valence electrons. The fourth-order valence-electron chi connectivity index (χ4n) is 1.26. The topological polar surface area (TPSA) is 0 Å². The maximum Gasteiger partial charge on any atom is 0.238 e. The molecule has 0 heterocycles. The first-order valence-electron chi connectivity index (χ1n) is 4.03. The third kappa shape index (κ3) is 2.94. The van der Waals surface area contributed by atoms with E-state index in [-0.39, 0.29) is 11.8 Å². The van der Waals surface area contributed by atoms with Gasteiger partial charge in [0.2, 0.25) is 6.43 Å². The minimum absolute atomic E-state index is 0.0403. The summed E-state index contributed by atoms with van der Waals surface area (Å²) in [5, 5.41) is 0. The van der Waals surface area contributed by atoms with Crippen LogP contribution in [0.3, 0.4) is 0 Å². The van der Waals surface area contributed by atoms with Gasteiger partial charge in [-0.2, -0.15) is 0 Å². The average Bonchev–Trinajstić information content (AvgIpc) is 2.69. The van der Waals surface area contributed by atoms with Crippen LogP contribution in [0.1, 0.15) is 32.1 Å². The van der Waals surface area contributed by atoms with Gasteiger partial charge in [0.05, 0.1) is 0 Å². The second-order valence-corrected chi connectivity index (χ2v) is 3.68. The van der Waals surface area contributed by atoms with Crippen LogP contribution < -0.4 is 0 Å². The van der Waals surface area contributed by atoms with Gasteiger partial charge in [0.1, 0.15) is 0 Å². The van der Waals surface area contributed by atoms with E-state index < -0.39 is 6.43 Å². The third-order valence-corrected chi connectivity index (χ3v) is 2.94. The van der Waals surface area contributed by atoms with E-state index in [1.165, 1.54) is 0 Å². The molecule has 0 aromatic heterocycles. The van der Waals surface area contributed by atoms with Crippen molar-refractivity contribution in [2.45, 2.75) is 38.5 Å². The molecule has 0 spiro atoms. The van der Waals surface area contributed by atoms with Crippen LogP contribution in [0.25, 0.3) is 0 Å². The van der Waals surface area contributed by atoms with Crippen LogP contribution in [0.15, 0.2) is 0 Å². The first-order chi connectivity index (χ1) is 5.18. The molecule has 0 radical (unpaired) electrons. The lowest BCUT2D eigenvalue weighted by Crippen LogP contribution is -2.03. The first kappa shape index (κ1) is 9.24. The van der Waals surface area contributed by atoms with Gasteiger partial charge in [0, 0.05) is 12.3 Å². The standard InChI is InChI=1S/C8H13ClF2/c9-6-8(4-5-8)3-1-2-7(10)11/h7H,1-6H2. The van der Waals surface area contributed by atoms with Crippen molar-refractivity contribution in [2.24, 2.45) is 5.41 Å². The van der Waals surface area contributed by atoms with Crippen LogP contribution in [-0.2, 0) is 0 Å². The van der Waals surface area contributed by atoms with E-state index in [4.69, 9.17) is 11.6 Å². The molecule has 0 N–H and O–H groups in total. The number of hydrogen-bond acceptors (Lipinski definition) is 0. The van der Waals surface area contributed by atoms with Gasteiger partial charge in [-0.25, -0.2) is 8.78 Å². The number of halogens is 3. The molecule has 0 unspecified atom stereocenters. The average molecular weight is 183 g/mol. The summed E-state index contributed by atoms with van der Waals surface area (Å²) >= 11 is 5.68. The number of hydrogen-bond donors (Lipinski definition) is 0. The van der Waals surface area contributed by atoms with E-state index in [2.05, 4.69) is 0 Å². The van der Waals surface area contributed by atoms with Crippen molar-refractivity contribution in [2.75, 3.05) is 5.88 Å². The van der Waals surface area contributed by atoms with Gasteiger partial charge in [-0.1, -0.05) is 0 Å². The van der Waals surface area contributed by atoms with Crippen LogP contribution in [0.4, 0.5) is 8.78 Å². The van der Waals surface area contributed by atoms with E-state index in [9.17, 15) is 8.78 Å². The molecule has 1 aliphatic carbocycles. The minimum Gasteiger partial charge on any atom is -0.211 e. The lowest BCUT2D eigenvalue weighted by Gasteiger charge is -2.09. The zero-order valence-corrected chi connectivity index (χ0v) is 7.21. The SMILES string of the molecule is FC(F)CCCC1(CCl)CC1. The van der Waals surface area contributed by atoms with E-state index in [0.717, 1.165) is 19.3 Å². The van der Waals surface area contributed by atoms with Gasteiger partial charge >= 0.3 is 0 Å². The lowest BCUT2D eigenvalue weighted by molar-refractivity contribution is 0.131. The zero-order chi connectivity index (χ0) is 8.32. The largest absolute Gasteiger partial charge is 0.238 e. The molecule has 0 saturated heterocycles. The molecule has 1 fully saturated rings. The molecule has 0 aromatic carbocycles. The van der Waals surface area contributed by atoms with Gasteiger partial charge in [0.25, 0.3) is 0 Å². The second kappa shape index (κ2) is 3.70. The van der Waals surface area contributed by atoms with Gasteiger partial charge in [-0.3, -0.25) is 0 Å². The number of rotatable bonds is 5. The maximum absolute atomic E-state index is 11.7. The van der Waals surface area contributed by atoms with Crippen molar-refractivity contribution in [1.82, 2.24) is 0 Å². The molecule has 0 amide bonds. The van der Waals surface area contributed by atoms with Crippen molar-refractivity contribution < 1.29 is 8.78 Å². The molecule has 0 atom stereocenters. The zero-order valence-electron chi connectivity index (χ0n) is 6.45. The molecule has 0 nitrogen and oxygen atoms in total. The summed E-state index contributed by atoms with van der Waals surface area (Å²) < 4.78 is 23.4. The highest BCUT2D eigenvalue weighted by Gasteiger charge is 2.40. The van der Waals surface area contributed by atoms with E-state index in [1.54, 1.807) is 0 Å². The van der Waals surface area contributed by atoms with Crippen molar-refractivity contribution >= 4 is 11.6 Å². The minimum atomic E-state index is -2.14. The Kier molecular flexibility index (Phi) is 3.11. The van der Waals surface area contributed by atoms with Crippen molar-refractivity contribution in [3.63, 3.8) is 0 Å². The highest BCUT2D eigenvalue weighted by atomic mass is 35.5. The van der Waals surface area contributed by atoms with Crippen LogP contribution in [0.2, 0.25) is 0 Å². The summed E-state index contributed by atoms with van der Waals surface area (Å²) in [6, 6.07) is 0. The smallest absolute Gasteiger partial charge is 0.211 e. The molecule has 3 heteroatoms. The first-order valence-corrected chi connectivity index (χ1v) is 4.56.